The molecule has 1 aromatic rings. The maximum atomic E-state index is 9.24. The largest absolute Gasteiger partial charge is 0.396 e. The second kappa shape index (κ2) is 6.05. The predicted octanol–water partition coefficient (Wildman–Crippen LogP) is 3.24. The Kier molecular flexibility index (Phi) is 4.69. The Balaban J connectivity index is 1.91. The number of rotatable bonds is 4. The third-order valence-corrected chi connectivity index (χ3v) is 4.19. The molecule has 2 nitrogen and oxygen atoms in total. The average molecular weight is 274 g/mol. The quantitative estimate of drug-likeness (QED) is 0.883. The standard InChI is InChI=1S/C13H17Cl2NO/c14-11-5-4-9(6-12(11)15)7-16-13-3-1-2-10(13)8-17/h4-6,10,13,16-17H,1-3,7-8H2. The van der Waals surface area contributed by atoms with E-state index in [4.69, 9.17) is 23.2 Å². The maximum Gasteiger partial charge on any atom is 0.0595 e. The molecule has 94 valence electrons. The maximum absolute atomic E-state index is 9.24. The first-order valence-electron chi connectivity index (χ1n) is 5.99. The lowest BCUT2D eigenvalue weighted by Gasteiger charge is -2.19. The zero-order chi connectivity index (χ0) is 12.3. The van der Waals surface area contributed by atoms with Gasteiger partial charge in [-0.15, -0.1) is 0 Å². The SMILES string of the molecule is OCC1CCCC1NCc1ccc(Cl)c(Cl)c1. The van der Waals surface area contributed by atoms with Gasteiger partial charge in [-0.2, -0.15) is 0 Å². The predicted molar refractivity (Wildman–Crippen MR) is 71.5 cm³/mol. The lowest BCUT2D eigenvalue weighted by molar-refractivity contribution is 0.205. The van der Waals surface area contributed by atoms with Crippen molar-refractivity contribution in [3.63, 3.8) is 0 Å². The molecule has 2 N–H and O–H groups in total. The van der Waals surface area contributed by atoms with E-state index in [0.29, 0.717) is 22.0 Å². The molecule has 1 saturated carbocycles. The summed E-state index contributed by atoms with van der Waals surface area (Å²) in [5, 5.41) is 13.9. The van der Waals surface area contributed by atoms with Gasteiger partial charge in [-0.3, -0.25) is 0 Å². The second-order valence-corrected chi connectivity index (χ2v) is 5.42. The molecule has 1 aromatic carbocycles. The van der Waals surface area contributed by atoms with E-state index < -0.39 is 0 Å². The van der Waals surface area contributed by atoms with Crippen molar-refractivity contribution in [3.8, 4) is 0 Å². The van der Waals surface area contributed by atoms with Crippen LogP contribution in [0.2, 0.25) is 10.0 Å². The molecule has 0 aromatic heterocycles. The van der Waals surface area contributed by atoms with Crippen LogP contribution in [-0.2, 0) is 6.54 Å². The summed E-state index contributed by atoms with van der Waals surface area (Å²) < 4.78 is 0. The Morgan fingerprint density at radius 3 is 2.76 bits per heavy atom. The molecule has 1 aliphatic rings. The van der Waals surface area contributed by atoms with Gasteiger partial charge in [0.05, 0.1) is 10.0 Å². The normalized spacial score (nSPS) is 24.2. The van der Waals surface area contributed by atoms with Crippen molar-refractivity contribution in [1.82, 2.24) is 5.32 Å². The molecule has 0 bridgehead atoms. The number of hydrogen-bond acceptors (Lipinski definition) is 2. The van der Waals surface area contributed by atoms with Crippen LogP contribution in [0, 0.1) is 5.92 Å². The summed E-state index contributed by atoms with van der Waals surface area (Å²) in [6.45, 7) is 1.05. The topological polar surface area (TPSA) is 32.3 Å². The molecule has 4 heteroatoms. The van der Waals surface area contributed by atoms with Crippen molar-refractivity contribution in [3.05, 3.63) is 33.8 Å². The van der Waals surface area contributed by atoms with Crippen molar-refractivity contribution in [2.75, 3.05) is 6.61 Å². The summed E-state index contributed by atoms with van der Waals surface area (Å²) in [5.41, 5.74) is 1.13. The molecule has 0 amide bonds. The fraction of sp³-hybridized carbons (Fsp3) is 0.538. The van der Waals surface area contributed by atoms with Gasteiger partial charge in [0.15, 0.2) is 0 Å². The van der Waals surface area contributed by atoms with Crippen LogP contribution < -0.4 is 5.32 Å². The summed E-state index contributed by atoms with van der Waals surface area (Å²) >= 11 is 11.8. The highest BCUT2D eigenvalue weighted by atomic mass is 35.5. The van der Waals surface area contributed by atoms with E-state index in [1.54, 1.807) is 0 Å². The Labute approximate surface area is 112 Å². The monoisotopic (exact) mass is 273 g/mol. The van der Waals surface area contributed by atoms with Gasteiger partial charge in [0, 0.05) is 19.2 Å². The Hall–Kier alpha value is -0.280. The lowest BCUT2D eigenvalue weighted by Crippen LogP contribution is -2.33. The van der Waals surface area contributed by atoms with Gasteiger partial charge in [0.2, 0.25) is 0 Å². The number of benzene rings is 1. The molecule has 0 heterocycles. The highest BCUT2D eigenvalue weighted by Gasteiger charge is 2.25. The van der Waals surface area contributed by atoms with Crippen molar-refractivity contribution >= 4 is 23.2 Å². The van der Waals surface area contributed by atoms with Gasteiger partial charge >= 0.3 is 0 Å². The Morgan fingerprint density at radius 2 is 2.06 bits per heavy atom. The third kappa shape index (κ3) is 3.35. The fourth-order valence-corrected chi connectivity index (χ4v) is 2.74. The van der Waals surface area contributed by atoms with E-state index in [2.05, 4.69) is 5.32 Å². The van der Waals surface area contributed by atoms with Crippen LogP contribution in [0.25, 0.3) is 0 Å². The third-order valence-electron chi connectivity index (χ3n) is 3.45. The molecule has 1 aliphatic carbocycles. The van der Waals surface area contributed by atoms with E-state index in [-0.39, 0.29) is 6.61 Å². The summed E-state index contributed by atoms with van der Waals surface area (Å²) in [6, 6.07) is 6.11. The van der Waals surface area contributed by atoms with E-state index in [9.17, 15) is 5.11 Å². The number of aliphatic hydroxyl groups is 1. The van der Waals surface area contributed by atoms with E-state index in [0.717, 1.165) is 24.9 Å². The molecule has 0 saturated heterocycles. The molecular formula is C13H17Cl2NO. The Bertz CT molecular complexity index is 384. The molecule has 2 unspecified atom stereocenters. The fourth-order valence-electron chi connectivity index (χ4n) is 2.42. The van der Waals surface area contributed by atoms with Gasteiger partial charge in [-0.05, 0) is 36.5 Å². The second-order valence-electron chi connectivity index (χ2n) is 4.61. The number of aliphatic hydroxyl groups excluding tert-OH is 1. The van der Waals surface area contributed by atoms with Crippen molar-refractivity contribution in [1.29, 1.82) is 0 Å². The van der Waals surface area contributed by atoms with E-state index >= 15 is 0 Å². The van der Waals surface area contributed by atoms with Crippen molar-refractivity contribution in [2.45, 2.75) is 31.8 Å². The van der Waals surface area contributed by atoms with Crippen LogP contribution in [-0.4, -0.2) is 17.8 Å². The molecule has 0 spiro atoms. The molecule has 0 radical (unpaired) electrons. The number of halogens is 2. The minimum absolute atomic E-state index is 0.277. The first kappa shape index (κ1) is 13.2. The van der Waals surface area contributed by atoms with Gasteiger partial charge in [-0.1, -0.05) is 35.7 Å². The molecule has 0 aliphatic heterocycles. The van der Waals surface area contributed by atoms with Crippen LogP contribution >= 0.6 is 23.2 Å². The minimum atomic E-state index is 0.277. The van der Waals surface area contributed by atoms with Gasteiger partial charge in [-0.25, -0.2) is 0 Å². The van der Waals surface area contributed by atoms with Gasteiger partial charge in [0.25, 0.3) is 0 Å². The first-order chi connectivity index (χ1) is 8.20. The van der Waals surface area contributed by atoms with Crippen LogP contribution in [0.3, 0.4) is 0 Å². The molecular weight excluding hydrogens is 257 g/mol. The highest BCUT2D eigenvalue weighted by molar-refractivity contribution is 6.42. The molecule has 2 atom stereocenters. The van der Waals surface area contributed by atoms with Gasteiger partial charge < -0.3 is 10.4 Å². The summed E-state index contributed by atoms with van der Waals surface area (Å²) in [6.07, 6.45) is 3.46. The average Bonchev–Trinajstić information content (AvgIpc) is 2.78. The molecule has 17 heavy (non-hydrogen) atoms. The van der Waals surface area contributed by atoms with Gasteiger partial charge in [0.1, 0.15) is 0 Å². The summed E-state index contributed by atoms with van der Waals surface area (Å²) in [7, 11) is 0. The van der Waals surface area contributed by atoms with Crippen LogP contribution in [0.15, 0.2) is 18.2 Å². The number of nitrogens with one attached hydrogen (secondary N) is 1. The number of hydrogen-bond donors (Lipinski definition) is 2. The van der Waals surface area contributed by atoms with Crippen molar-refractivity contribution in [2.24, 2.45) is 5.92 Å². The Morgan fingerprint density at radius 1 is 1.24 bits per heavy atom. The molecule has 2 rings (SSSR count). The van der Waals surface area contributed by atoms with E-state index in [1.807, 2.05) is 18.2 Å². The minimum Gasteiger partial charge on any atom is -0.396 e. The smallest absolute Gasteiger partial charge is 0.0595 e. The van der Waals surface area contributed by atoms with Crippen LogP contribution in [0.4, 0.5) is 0 Å². The lowest BCUT2D eigenvalue weighted by atomic mass is 10.0. The zero-order valence-corrected chi connectivity index (χ0v) is 11.1. The summed E-state index contributed by atoms with van der Waals surface area (Å²) in [4.78, 5) is 0. The first-order valence-corrected chi connectivity index (χ1v) is 6.74. The van der Waals surface area contributed by atoms with Crippen LogP contribution in [0.5, 0.6) is 0 Å². The zero-order valence-electron chi connectivity index (χ0n) is 9.63. The van der Waals surface area contributed by atoms with Crippen LogP contribution in [0.1, 0.15) is 24.8 Å². The van der Waals surface area contributed by atoms with Crippen molar-refractivity contribution < 1.29 is 5.11 Å². The van der Waals surface area contributed by atoms with E-state index in [1.165, 1.54) is 6.42 Å². The molecule has 1 fully saturated rings. The highest BCUT2D eigenvalue weighted by Crippen LogP contribution is 2.26. The summed E-state index contributed by atoms with van der Waals surface area (Å²) in [5.74, 6) is 0.401.